The molecule has 16 heavy (non-hydrogen) atoms. The van der Waals surface area contributed by atoms with Crippen molar-refractivity contribution in [2.24, 2.45) is 10.8 Å². The normalized spacial score (nSPS) is 13.2. The first-order valence-corrected chi connectivity index (χ1v) is 5.19. The Morgan fingerprint density at radius 2 is 2.19 bits per heavy atom. The second kappa shape index (κ2) is 7.61. The van der Waals surface area contributed by atoms with Gasteiger partial charge in [0.25, 0.3) is 0 Å². The number of urea groups is 1. The van der Waals surface area contributed by atoms with Crippen LogP contribution in [-0.2, 0) is 0 Å². The van der Waals surface area contributed by atoms with Crippen LogP contribution < -0.4 is 11.2 Å². The molecule has 0 heterocycles. The number of nitrogens with zero attached hydrogens (tertiary/aromatic N) is 2. The van der Waals surface area contributed by atoms with Gasteiger partial charge in [-0.3, -0.25) is 10.1 Å². The van der Waals surface area contributed by atoms with Crippen molar-refractivity contribution in [1.29, 1.82) is 0 Å². The van der Waals surface area contributed by atoms with Gasteiger partial charge >= 0.3 is 6.03 Å². The van der Waals surface area contributed by atoms with Crippen LogP contribution in [0.15, 0.2) is 5.10 Å². The van der Waals surface area contributed by atoms with Crippen LogP contribution in [-0.4, -0.2) is 22.7 Å². The molecule has 0 unspecified atom stereocenters. The Hall–Kier alpha value is -1.66. The van der Waals surface area contributed by atoms with Crippen LogP contribution >= 0.6 is 0 Å². The van der Waals surface area contributed by atoms with Crippen molar-refractivity contribution in [3.63, 3.8) is 0 Å². The van der Waals surface area contributed by atoms with Crippen molar-refractivity contribution in [3.05, 3.63) is 10.1 Å². The molecule has 7 heteroatoms. The number of carbonyl (C=O) groups excluding carboxylic acids is 1. The third kappa shape index (κ3) is 6.74. The summed E-state index contributed by atoms with van der Waals surface area (Å²) in [7, 11) is 0. The first kappa shape index (κ1) is 14.3. The number of nitro groups is 1. The molecule has 0 spiro atoms. The largest absolute Gasteiger partial charge is 0.350 e. The van der Waals surface area contributed by atoms with Crippen molar-refractivity contribution in [1.82, 2.24) is 5.43 Å². The van der Waals surface area contributed by atoms with Crippen molar-refractivity contribution < 1.29 is 9.72 Å². The molecule has 0 bridgehead atoms. The van der Waals surface area contributed by atoms with Gasteiger partial charge in [0.05, 0.1) is 0 Å². The fraction of sp³-hybridized carbons (Fsp3) is 0.778. The quantitative estimate of drug-likeness (QED) is 0.390. The van der Waals surface area contributed by atoms with Gasteiger partial charge in [-0.1, -0.05) is 6.92 Å². The molecule has 0 radical (unpaired) electrons. The van der Waals surface area contributed by atoms with Gasteiger partial charge in [-0.05, 0) is 19.8 Å². The van der Waals surface area contributed by atoms with Crippen LogP contribution in [0.25, 0.3) is 0 Å². The topological polar surface area (TPSA) is 111 Å². The maximum absolute atomic E-state index is 10.6. The first-order chi connectivity index (χ1) is 7.47. The van der Waals surface area contributed by atoms with E-state index in [9.17, 15) is 14.9 Å². The predicted octanol–water partition coefficient (Wildman–Crippen LogP) is 1.26. The van der Waals surface area contributed by atoms with E-state index in [1.807, 2.05) is 6.92 Å². The summed E-state index contributed by atoms with van der Waals surface area (Å²) < 4.78 is 0. The lowest BCUT2D eigenvalue weighted by molar-refractivity contribution is -0.524. The Morgan fingerprint density at radius 3 is 2.62 bits per heavy atom. The standard InChI is InChI=1S/C9H18N4O3/c1-3-4-8(13(15)16)6-5-7(2)11-12-9(10)14/h8H,3-6H2,1-2H3,(H3,10,12,14)/b11-7-/t8-/m1/s1. The molecular formula is C9H18N4O3. The molecule has 0 rings (SSSR count). The Kier molecular flexibility index (Phi) is 6.82. The maximum atomic E-state index is 10.6. The van der Waals surface area contributed by atoms with Crippen LogP contribution in [0.5, 0.6) is 0 Å². The van der Waals surface area contributed by atoms with Crippen LogP contribution in [0, 0.1) is 10.1 Å². The minimum Gasteiger partial charge on any atom is -0.350 e. The fourth-order valence-electron chi connectivity index (χ4n) is 1.27. The van der Waals surface area contributed by atoms with Crippen LogP contribution in [0.1, 0.15) is 39.5 Å². The summed E-state index contributed by atoms with van der Waals surface area (Å²) >= 11 is 0. The summed E-state index contributed by atoms with van der Waals surface area (Å²) in [5.74, 6) is 0. The van der Waals surface area contributed by atoms with E-state index in [2.05, 4.69) is 10.5 Å². The van der Waals surface area contributed by atoms with E-state index in [1.54, 1.807) is 6.92 Å². The molecule has 0 aliphatic rings. The molecule has 0 aliphatic heterocycles. The van der Waals surface area contributed by atoms with E-state index in [1.165, 1.54) is 0 Å². The molecule has 2 amide bonds. The van der Waals surface area contributed by atoms with Gasteiger partial charge in [0.2, 0.25) is 6.04 Å². The lowest BCUT2D eigenvalue weighted by Crippen LogP contribution is -2.26. The van der Waals surface area contributed by atoms with Crippen molar-refractivity contribution in [3.8, 4) is 0 Å². The Balaban J connectivity index is 4.04. The molecule has 0 aliphatic carbocycles. The lowest BCUT2D eigenvalue weighted by Gasteiger charge is -2.07. The number of hydrogen-bond donors (Lipinski definition) is 2. The van der Waals surface area contributed by atoms with Gasteiger partial charge in [-0.25, -0.2) is 10.2 Å². The number of carbonyl (C=O) groups is 1. The highest BCUT2D eigenvalue weighted by Gasteiger charge is 2.18. The number of hydrogen-bond acceptors (Lipinski definition) is 4. The molecule has 0 aromatic carbocycles. The van der Waals surface area contributed by atoms with Gasteiger partial charge in [0, 0.05) is 23.5 Å². The molecule has 0 saturated carbocycles. The average Bonchev–Trinajstić information content (AvgIpc) is 2.20. The summed E-state index contributed by atoms with van der Waals surface area (Å²) in [5.41, 5.74) is 7.54. The molecule has 0 aromatic rings. The zero-order chi connectivity index (χ0) is 12.6. The summed E-state index contributed by atoms with van der Waals surface area (Å²) in [6.45, 7) is 3.60. The highest BCUT2D eigenvalue weighted by molar-refractivity contribution is 5.83. The van der Waals surface area contributed by atoms with E-state index >= 15 is 0 Å². The second-order valence-corrected chi connectivity index (χ2v) is 3.59. The highest BCUT2D eigenvalue weighted by Crippen LogP contribution is 2.09. The third-order valence-corrected chi connectivity index (χ3v) is 2.12. The average molecular weight is 230 g/mol. The summed E-state index contributed by atoms with van der Waals surface area (Å²) in [4.78, 5) is 20.7. The third-order valence-electron chi connectivity index (χ3n) is 2.12. The lowest BCUT2D eigenvalue weighted by atomic mass is 10.1. The second-order valence-electron chi connectivity index (χ2n) is 3.59. The number of nitrogens with one attached hydrogen (secondary N) is 1. The van der Waals surface area contributed by atoms with Gasteiger partial charge in [0.15, 0.2) is 0 Å². The summed E-state index contributed by atoms with van der Waals surface area (Å²) in [6, 6.07) is -1.28. The molecule has 1 atom stereocenters. The SMILES string of the molecule is CCC[C@H](CC/C(C)=N\NC(N)=O)[N+](=O)[O-]. The van der Waals surface area contributed by atoms with Crippen molar-refractivity contribution in [2.75, 3.05) is 0 Å². The van der Waals surface area contributed by atoms with Crippen LogP contribution in [0.2, 0.25) is 0 Å². The van der Waals surface area contributed by atoms with E-state index in [0.29, 0.717) is 25.0 Å². The molecular weight excluding hydrogens is 212 g/mol. The Morgan fingerprint density at radius 1 is 1.56 bits per heavy atom. The van der Waals surface area contributed by atoms with E-state index < -0.39 is 12.1 Å². The molecule has 0 aromatic heterocycles. The van der Waals surface area contributed by atoms with Gasteiger partial charge < -0.3 is 5.73 Å². The van der Waals surface area contributed by atoms with Crippen molar-refractivity contribution >= 4 is 11.7 Å². The smallest absolute Gasteiger partial charge is 0.332 e. The minimum absolute atomic E-state index is 0.266. The van der Waals surface area contributed by atoms with Gasteiger partial charge in [-0.15, -0.1) is 0 Å². The maximum Gasteiger partial charge on any atom is 0.332 e. The number of primary amides is 1. The minimum atomic E-state index is -0.737. The summed E-state index contributed by atoms with van der Waals surface area (Å²) in [5, 5.41) is 14.3. The molecule has 7 nitrogen and oxygen atoms in total. The number of rotatable bonds is 7. The molecule has 0 fully saturated rings. The number of nitrogens with two attached hydrogens (primary N) is 1. The Labute approximate surface area is 94.2 Å². The molecule has 3 N–H and O–H groups in total. The number of hydrazone groups is 1. The van der Waals surface area contributed by atoms with Crippen molar-refractivity contribution in [2.45, 2.75) is 45.6 Å². The molecule has 92 valence electrons. The van der Waals surface area contributed by atoms with Gasteiger partial charge in [0.1, 0.15) is 0 Å². The predicted molar refractivity (Wildman–Crippen MR) is 60.8 cm³/mol. The highest BCUT2D eigenvalue weighted by atomic mass is 16.6. The Bertz CT molecular complexity index is 278. The zero-order valence-corrected chi connectivity index (χ0v) is 9.60. The summed E-state index contributed by atoms with van der Waals surface area (Å²) in [6.07, 6.45) is 2.24. The number of amides is 2. The van der Waals surface area contributed by atoms with Gasteiger partial charge in [-0.2, -0.15) is 5.10 Å². The van der Waals surface area contributed by atoms with Crippen LogP contribution in [0.3, 0.4) is 0 Å². The molecule has 0 saturated heterocycles. The van der Waals surface area contributed by atoms with E-state index in [-0.39, 0.29) is 4.92 Å². The zero-order valence-electron chi connectivity index (χ0n) is 9.60. The van der Waals surface area contributed by atoms with E-state index in [0.717, 1.165) is 6.42 Å². The van der Waals surface area contributed by atoms with E-state index in [4.69, 9.17) is 5.73 Å². The monoisotopic (exact) mass is 230 g/mol. The fourth-order valence-corrected chi connectivity index (χ4v) is 1.27. The first-order valence-electron chi connectivity index (χ1n) is 5.19. The van der Waals surface area contributed by atoms with Crippen LogP contribution in [0.4, 0.5) is 4.79 Å².